The molecule has 4 nitrogen and oxygen atoms in total. The Morgan fingerprint density at radius 1 is 0.710 bits per heavy atom. The molecule has 5 aromatic rings. The molecule has 0 aliphatic heterocycles. The molecule has 0 fully saturated rings. The number of anilines is 1. The van der Waals surface area contributed by atoms with Gasteiger partial charge in [-0.3, -0.25) is 9.97 Å². The lowest BCUT2D eigenvalue weighted by molar-refractivity contribution is 1.12. The molecular weight excluding hydrogens is 380 g/mol. The Labute approximate surface area is 181 Å². The van der Waals surface area contributed by atoms with Gasteiger partial charge in [-0.25, -0.2) is 4.98 Å². The van der Waals surface area contributed by atoms with E-state index in [0.29, 0.717) is 6.54 Å². The summed E-state index contributed by atoms with van der Waals surface area (Å²) in [6, 6.07) is 25.3. The van der Waals surface area contributed by atoms with Crippen molar-refractivity contribution in [3.8, 4) is 22.3 Å². The molecule has 3 aromatic heterocycles. The zero-order chi connectivity index (χ0) is 21.0. The average molecular weight is 403 g/mol. The number of hydrogen-bond acceptors (Lipinski definition) is 4. The van der Waals surface area contributed by atoms with E-state index in [1.807, 2.05) is 43.7 Å². The van der Waals surface area contributed by atoms with Crippen molar-refractivity contribution in [1.29, 1.82) is 0 Å². The quantitative estimate of drug-likeness (QED) is 0.376. The third-order valence-corrected chi connectivity index (χ3v) is 5.40. The minimum atomic E-state index is 0.714. The molecule has 0 saturated carbocycles. The van der Waals surface area contributed by atoms with Crippen LogP contribution in [0.4, 0.5) is 5.82 Å². The minimum Gasteiger partial charge on any atom is -0.365 e. The van der Waals surface area contributed by atoms with Gasteiger partial charge in [-0.2, -0.15) is 0 Å². The molecule has 0 amide bonds. The molecular formula is C27H22N4. The van der Waals surface area contributed by atoms with Gasteiger partial charge in [-0.1, -0.05) is 42.5 Å². The standard InChI is InChI=1S/C27H22N4/c1-19-15-23(10-13-29-19)21-6-4-20(5-7-21)17-31-27-26-9-8-22(16-24(26)11-14-30-27)25-3-2-12-28-18-25/h2-16,18H,17H2,1H3,(H,30,31). The first-order chi connectivity index (χ1) is 15.3. The first kappa shape index (κ1) is 18.9. The van der Waals surface area contributed by atoms with Crippen LogP contribution in [0.5, 0.6) is 0 Å². The summed E-state index contributed by atoms with van der Waals surface area (Å²) in [5.41, 5.74) is 6.88. The molecule has 3 heterocycles. The Kier molecular flexibility index (Phi) is 5.11. The summed E-state index contributed by atoms with van der Waals surface area (Å²) >= 11 is 0. The summed E-state index contributed by atoms with van der Waals surface area (Å²) < 4.78 is 0. The fourth-order valence-electron chi connectivity index (χ4n) is 3.76. The van der Waals surface area contributed by atoms with E-state index in [9.17, 15) is 0 Å². The van der Waals surface area contributed by atoms with Gasteiger partial charge in [0.05, 0.1) is 0 Å². The largest absolute Gasteiger partial charge is 0.365 e. The van der Waals surface area contributed by atoms with E-state index >= 15 is 0 Å². The number of rotatable bonds is 5. The van der Waals surface area contributed by atoms with Gasteiger partial charge in [0, 0.05) is 48.0 Å². The molecule has 4 heteroatoms. The van der Waals surface area contributed by atoms with Crippen molar-refractivity contribution in [2.24, 2.45) is 0 Å². The highest BCUT2D eigenvalue weighted by Gasteiger charge is 2.06. The first-order valence-corrected chi connectivity index (χ1v) is 10.3. The normalized spacial score (nSPS) is 10.9. The smallest absolute Gasteiger partial charge is 0.134 e. The van der Waals surface area contributed by atoms with Crippen molar-refractivity contribution in [2.75, 3.05) is 5.32 Å². The predicted octanol–water partition coefficient (Wildman–Crippen LogP) is 6.28. The molecule has 0 saturated heterocycles. The van der Waals surface area contributed by atoms with E-state index < -0.39 is 0 Å². The van der Waals surface area contributed by atoms with E-state index in [-0.39, 0.29) is 0 Å². The summed E-state index contributed by atoms with van der Waals surface area (Å²) in [6.07, 6.45) is 7.39. The number of nitrogens with one attached hydrogen (secondary N) is 1. The van der Waals surface area contributed by atoms with Gasteiger partial charge in [0.1, 0.15) is 5.82 Å². The lowest BCUT2D eigenvalue weighted by Gasteiger charge is -2.11. The minimum absolute atomic E-state index is 0.714. The summed E-state index contributed by atoms with van der Waals surface area (Å²) in [5, 5.41) is 5.76. The molecule has 0 atom stereocenters. The molecule has 2 aromatic carbocycles. The van der Waals surface area contributed by atoms with Crippen LogP contribution >= 0.6 is 0 Å². The molecule has 0 spiro atoms. The average Bonchev–Trinajstić information content (AvgIpc) is 2.83. The van der Waals surface area contributed by atoms with Gasteiger partial charge in [-0.15, -0.1) is 0 Å². The third kappa shape index (κ3) is 4.14. The van der Waals surface area contributed by atoms with Crippen molar-refractivity contribution in [1.82, 2.24) is 15.0 Å². The van der Waals surface area contributed by atoms with E-state index in [0.717, 1.165) is 33.4 Å². The monoisotopic (exact) mass is 402 g/mol. The van der Waals surface area contributed by atoms with Gasteiger partial charge >= 0.3 is 0 Å². The Morgan fingerprint density at radius 2 is 1.52 bits per heavy atom. The summed E-state index contributed by atoms with van der Waals surface area (Å²) in [6.45, 7) is 2.73. The molecule has 0 aliphatic rings. The number of aryl methyl sites for hydroxylation is 1. The van der Waals surface area contributed by atoms with Crippen molar-refractivity contribution < 1.29 is 0 Å². The number of benzene rings is 2. The van der Waals surface area contributed by atoms with Gasteiger partial charge in [0.25, 0.3) is 0 Å². The second kappa shape index (κ2) is 8.36. The van der Waals surface area contributed by atoms with Gasteiger partial charge in [0.15, 0.2) is 0 Å². The number of fused-ring (bicyclic) bond motifs is 1. The topological polar surface area (TPSA) is 50.7 Å². The van der Waals surface area contributed by atoms with Crippen molar-refractivity contribution >= 4 is 16.6 Å². The zero-order valence-electron chi connectivity index (χ0n) is 17.3. The molecule has 0 bridgehead atoms. The van der Waals surface area contributed by atoms with Crippen LogP contribution in [0.3, 0.4) is 0 Å². The van der Waals surface area contributed by atoms with Gasteiger partial charge < -0.3 is 5.32 Å². The highest BCUT2D eigenvalue weighted by atomic mass is 15.0. The Morgan fingerprint density at radius 3 is 2.32 bits per heavy atom. The fourth-order valence-corrected chi connectivity index (χ4v) is 3.76. The van der Waals surface area contributed by atoms with Crippen molar-refractivity contribution in [3.63, 3.8) is 0 Å². The van der Waals surface area contributed by atoms with E-state index in [1.165, 1.54) is 16.7 Å². The van der Waals surface area contributed by atoms with Crippen LogP contribution in [0.15, 0.2) is 97.6 Å². The van der Waals surface area contributed by atoms with E-state index in [2.05, 4.69) is 74.9 Å². The van der Waals surface area contributed by atoms with E-state index in [1.54, 1.807) is 6.20 Å². The SMILES string of the molecule is Cc1cc(-c2ccc(CNc3nccc4cc(-c5cccnc5)ccc34)cc2)ccn1. The third-order valence-electron chi connectivity index (χ3n) is 5.40. The maximum Gasteiger partial charge on any atom is 0.134 e. The van der Waals surface area contributed by atoms with Gasteiger partial charge in [-0.05, 0) is 64.9 Å². The fraction of sp³-hybridized carbons (Fsp3) is 0.0741. The highest BCUT2D eigenvalue weighted by Crippen LogP contribution is 2.27. The number of hydrogen-bond donors (Lipinski definition) is 1. The summed E-state index contributed by atoms with van der Waals surface area (Å²) in [5.74, 6) is 0.893. The van der Waals surface area contributed by atoms with Crippen LogP contribution in [0.2, 0.25) is 0 Å². The molecule has 1 N–H and O–H groups in total. The van der Waals surface area contributed by atoms with Crippen LogP contribution in [-0.4, -0.2) is 15.0 Å². The Hall–Kier alpha value is -4.05. The second-order valence-corrected chi connectivity index (χ2v) is 7.57. The lowest BCUT2D eigenvalue weighted by atomic mass is 10.0. The predicted molar refractivity (Wildman–Crippen MR) is 127 cm³/mol. The number of nitrogens with zero attached hydrogens (tertiary/aromatic N) is 3. The van der Waals surface area contributed by atoms with Crippen LogP contribution in [0.25, 0.3) is 33.0 Å². The van der Waals surface area contributed by atoms with Crippen molar-refractivity contribution in [2.45, 2.75) is 13.5 Å². The van der Waals surface area contributed by atoms with E-state index in [4.69, 9.17) is 0 Å². The summed E-state index contributed by atoms with van der Waals surface area (Å²) in [7, 11) is 0. The van der Waals surface area contributed by atoms with Crippen LogP contribution in [-0.2, 0) is 6.54 Å². The summed E-state index contributed by atoms with van der Waals surface area (Å²) in [4.78, 5) is 13.1. The molecule has 0 radical (unpaired) electrons. The number of pyridine rings is 3. The maximum atomic E-state index is 4.57. The first-order valence-electron chi connectivity index (χ1n) is 10.3. The molecule has 0 unspecified atom stereocenters. The molecule has 0 aliphatic carbocycles. The lowest BCUT2D eigenvalue weighted by Crippen LogP contribution is -2.02. The Bertz CT molecular complexity index is 1330. The van der Waals surface area contributed by atoms with Crippen LogP contribution in [0.1, 0.15) is 11.3 Å². The molecule has 31 heavy (non-hydrogen) atoms. The van der Waals surface area contributed by atoms with Crippen molar-refractivity contribution in [3.05, 3.63) is 109 Å². The molecule has 150 valence electrons. The highest BCUT2D eigenvalue weighted by molar-refractivity contribution is 5.94. The van der Waals surface area contributed by atoms with Gasteiger partial charge in [0.2, 0.25) is 0 Å². The maximum absolute atomic E-state index is 4.57. The second-order valence-electron chi connectivity index (χ2n) is 7.57. The number of aromatic nitrogens is 3. The zero-order valence-corrected chi connectivity index (χ0v) is 17.3. The van der Waals surface area contributed by atoms with Crippen LogP contribution in [0, 0.1) is 6.92 Å². The Balaban J connectivity index is 1.35. The van der Waals surface area contributed by atoms with Crippen LogP contribution < -0.4 is 5.32 Å². The molecule has 5 rings (SSSR count).